The Morgan fingerprint density at radius 3 is 1.60 bits per heavy atom. The summed E-state index contributed by atoms with van der Waals surface area (Å²) in [7, 11) is 2.54. The van der Waals surface area contributed by atoms with E-state index in [0.717, 1.165) is 55.7 Å². The first-order valence-corrected chi connectivity index (χ1v) is 22.6. The third-order valence-electron chi connectivity index (χ3n) is 11.6. The quantitative estimate of drug-likeness (QED) is 0.0686. The summed E-state index contributed by atoms with van der Waals surface area (Å²) >= 11 is 0. The molecule has 0 saturated heterocycles. The fourth-order valence-electron chi connectivity index (χ4n) is 8.33. The lowest BCUT2D eigenvalue weighted by Gasteiger charge is -2.27. The van der Waals surface area contributed by atoms with E-state index in [1.165, 1.54) is 14.2 Å². The summed E-state index contributed by atoms with van der Waals surface area (Å²) in [4.78, 5) is 71.8. The zero-order valence-electron chi connectivity index (χ0n) is 39.6. The van der Waals surface area contributed by atoms with E-state index < -0.39 is 24.3 Å². The van der Waals surface area contributed by atoms with Gasteiger partial charge in [-0.1, -0.05) is 105 Å². The third kappa shape index (κ3) is 11.6. The van der Waals surface area contributed by atoms with E-state index in [1.54, 1.807) is 46.5 Å². The van der Waals surface area contributed by atoms with Gasteiger partial charge in [-0.15, -0.1) is 25.7 Å². The first kappa shape index (κ1) is 50.6. The van der Waals surface area contributed by atoms with Crippen LogP contribution >= 0.6 is 0 Å². The van der Waals surface area contributed by atoms with Crippen molar-refractivity contribution in [3.8, 4) is 65.1 Å². The van der Waals surface area contributed by atoms with Crippen LogP contribution in [0, 0.1) is 25.7 Å². The number of amides is 4. The summed E-state index contributed by atoms with van der Waals surface area (Å²) in [5.41, 5.74) is 7.89. The number of H-pyrrole nitrogens is 2. The van der Waals surface area contributed by atoms with Gasteiger partial charge >= 0.3 is 12.2 Å². The Labute approximate surface area is 408 Å². The maximum atomic E-state index is 13.9. The second-order valence-electron chi connectivity index (χ2n) is 16.0. The highest BCUT2D eigenvalue weighted by Crippen LogP contribution is 2.44. The predicted octanol–water partition coefficient (Wildman–Crippen LogP) is 9.35. The number of hydrogen-bond donors (Lipinski definition) is 4. The number of nitrogens with zero attached hydrogens (tertiary/aromatic N) is 4. The van der Waals surface area contributed by atoms with Crippen LogP contribution in [0.25, 0.3) is 44.4 Å². The molecule has 8 rings (SSSR count). The van der Waals surface area contributed by atoms with Crippen LogP contribution in [0.3, 0.4) is 0 Å². The molecule has 2 unspecified atom stereocenters. The van der Waals surface area contributed by atoms with E-state index in [0.29, 0.717) is 55.3 Å². The standard InChI is InChI=1S/C51H52N8O7.2C2H2/c1-5-23-58(48(60)45(56-50(62)64-3)32-13-9-7-10-14-32)29-43-52-27-41(54-43)35-19-21-39-34(25-35)17-22-40-38-20-18-36(26-37(38)31-66-47(39)40)42-28-53-44(55-42)30-59(24-6-2)49(61)46(57-51(63)65-4)33-15-11-8-12-16-33;2*1-2/h7-22,25-28,45-46H,5-6,23-24,29-31H2,1-4H3,(H,52,54)(H,53,55)(H,56,62)(H,57,63);2*1-2H. The highest BCUT2D eigenvalue weighted by molar-refractivity contribution is 5.98. The molecule has 1 aliphatic rings. The summed E-state index contributed by atoms with van der Waals surface area (Å²) in [5.74, 6) is 1.51. The van der Waals surface area contributed by atoms with E-state index >= 15 is 0 Å². The third-order valence-corrected chi connectivity index (χ3v) is 11.6. The number of fused-ring (bicyclic) bond motifs is 5. The lowest BCUT2D eigenvalue weighted by atomic mass is 9.92. The smallest absolute Gasteiger partial charge is 0.407 e. The molecular weight excluding hydrogens is 885 g/mol. The van der Waals surface area contributed by atoms with E-state index in [-0.39, 0.29) is 24.9 Å². The van der Waals surface area contributed by atoms with Crippen LogP contribution in [0.15, 0.2) is 122 Å². The van der Waals surface area contributed by atoms with Crippen molar-refractivity contribution < 1.29 is 33.4 Å². The molecule has 0 aliphatic carbocycles. The molecule has 70 heavy (non-hydrogen) atoms. The Balaban J connectivity index is 0.00000196. The average molecular weight is 941 g/mol. The van der Waals surface area contributed by atoms with Gasteiger partial charge in [0, 0.05) is 29.6 Å². The lowest BCUT2D eigenvalue weighted by molar-refractivity contribution is -0.135. The van der Waals surface area contributed by atoms with Gasteiger partial charge in [0.2, 0.25) is 11.8 Å². The molecule has 5 aromatic carbocycles. The van der Waals surface area contributed by atoms with Crippen molar-refractivity contribution in [3.05, 3.63) is 150 Å². The number of alkyl carbamates (subject to hydrolysis) is 2. The van der Waals surface area contributed by atoms with Crippen LogP contribution < -0.4 is 15.4 Å². The minimum Gasteiger partial charge on any atom is -0.488 e. The highest BCUT2D eigenvalue weighted by Gasteiger charge is 2.30. The van der Waals surface area contributed by atoms with Crippen molar-refractivity contribution in [1.82, 2.24) is 40.4 Å². The van der Waals surface area contributed by atoms with E-state index in [9.17, 15) is 19.2 Å². The number of hydrogen-bond acceptors (Lipinski definition) is 9. The molecule has 0 spiro atoms. The minimum atomic E-state index is -0.918. The van der Waals surface area contributed by atoms with Crippen LogP contribution in [-0.4, -0.2) is 81.0 Å². The predicted molar refractivity (Wildman–Crippen MR) is 270 cm³/mol. The SMILES string of the molecule is C#C.C#C.CCCN(Cc1ncc(-c2ccc3c(c2)COc2c-3ccc3cc(-c4cnc(CN(CCC)C(=O)C(NC(=O)OC)c5ccccc5)[nH]4)ccc23)[nH]1)C(=O)C(NC(=O)OC)c1ccccc1. The number of nitrogens with one attached hydrogen (secondary N) is 4. The van der Waals surface area contributed by atoms with Gasteiger partial charge < -0.3 is 44.6 Å². The fraction of sp³-hybridized carbons (Fsp3) is 0.236. The van der Waals surface area contributed by atoms with Gasteiger partial charge in [0.25, 0.3) is 0 Å². The van der Waals surface area contributed by atoms with Gasteiger partial charge in [-0.3, -0.25) is 9.59 Å². The van der Waals surface area contributed by atoms with Crippen molar-refractivity contribution in [3.63, 3.8) is 0 Å². The Morgan fingerprint density at radius 1 is 0.643 bits per heavy atom. The van der Waals surface area contributed by atoms with Gasteiger partial charge in [-0.2, -0.15) is 0 Å². The Hall–Kier alpha value is -8.82. The molecule has 2 aromatic heterocycles. The van der Waals surface area contributed by atoms with Crippen LogP contribution in [0.5, 0.6) is 5.75 Å². The molecule has 4 amide bonds. The topological polar surface area (TPSA) is 184 Å². The largest absolute Gasteiger partial charge is 0.488 e. The van der Waals surface area contributed by atoms with Gasteiger partial charge in [0.05, 0.1) is 51.1 Å². The molecular formula is C55H56N8O7. The molecule has 15 heteroatoms. The molecule has 4 N–H and O–H groups in total. The van der Waals surface area contributed by atoms with E-state index in [2.05, 4.69) is 98.7 Å². The van der Waals surface area contributed by atoms with Gasteiger partial charge in [0.15, 0.2) is 0 Å². The summed E-state index contributed by atoms with van der Waals surface area (Å²) in [6.07, 6.45) is 19.6. The molecule has 2 atom stereocenters. The van der Waals surface area contributed by atoms with Crippen molar-refractivity contribution >= 4 is 34.8 Å². The molecule has 3 heterocycles. The summed E-state index contributed by atoms with van der Waals surface area (Å²) in [6, 6.07) is 33.0. The molecule has 15 nitrogen and oxygen atoms in total. The molecule has 7 aromatic rings. The lowest BCUT2D eigenvalue weighted by Crippen LogP contribution is -2.43. The minimum absolute atomic E-state index is 0.224. The maximum Gasteiger partial charge on any atom is 0.407 e. The number of ether oxygens (including phenoxy) is 3. The number of carbonyl (C=O) groups excluding carboxylic acids is 4. The summed E-state index contributed by atoms with van der Waals surface area (Å²) < 4.78 is 16.1. The second kappa shape index (κ2) is 24.3. The number of imidazole rings is 2. The molecule has 0 fully saturated rings. The van der Waals surface area contributed by atoms with Crippen LogP contribution in [0.4, 0.5) is 9.59 Å². The first-order valence-electron chi connectivity index (χ1n) is 22.6. The average Bonchev–Trinajstić information content (AvgIpc) is 4.10. The van der Waals surface area contributed by atoms with Crippen molar-refractivity contribution in [2.45, 2.75) is 58.5 Å². The zero-order valence-corrected chi connectivity index (χ0v) is 39.6. The number of aromatic amines is 2. The Bertz CT molecular complexity index is 2940. The Kier molecular flexibility index (Phi) is 17.5. The van der Waals surface area contributed by atoms with Crippen molar-refractivity contribution in [2.24, 2.45) is 0 Å². The number of carbonyl (C=O) groups is 4. The van der Waals surface area contributed by atoms with E-state index in [4.69, 9.17) is 14.2 Å². The molecule has 0 radical (unpaired) electrons. The zero-order chi connectivity index (χ0) is 50.2. The van der Waals surface area contributed by atoms with Gasteiger partial charge in [-0.05, 0) is 64.2 Å². The fourth-order valence-corrected chi connectivity index (χ4v) is 8.33. The van der Waals surface area contributed by atoms with Crippen LogP contribution in [0.2, 0.25) is 0 Å². The van der Waals surface area contributed by atoms with Gasteiger partial charge in [0.1, 0.15) is 36.1 Å². The number of benzene rings is 5. The number of rotatable bonds is 16. The first-order chi connectivity index (χ1) is 34.2. The normalized spacial score (nSPS) is 11.8. The molecule has 358 valence electrons. The van der Waals surface area contributed by atoms with E-state index in [1.807, 2.05) is 56.3 Å². The maximum absolute atomic E-state index is 13.9. The number of aromatic nitrogens is 4. The van der Waals surface area contributed by atoms with Crippen LogP contribution in [0.1, 0.15) is 67.1 Å². The van der Waals surface area contributed by atoms with Gasteiger partial charge in [-0.25, -0.2) is 19.6 Å². The summed E-state index contributed by atoms with van der Waals surface area (Å²) in [6.45, 7) is 5.75. The van der Waals surface area contributed by atoms with Crippen LogP contribution in [-0.2, 0) is 38.8 Å². The molecule has 0 bridgehead atoms. The Morgan fingerprint density at radius 2 is 1.11 bits per heavy atom. The summed E-state index contributed by atoms with van der Waals surface area (Å²) in [5, 5.41) is 7.38. The molecule has 1 aliphatic heterocycles. The molecule has 0 saturated carbocycles. The number of methoxy groups -OCH3 is 2. The highest BCUT2D eigenvalue weighted by atomic mass is 16.5. The van der Waals surface area contributed by atoms with Crippen molar-refractivity contribution in [1.29, 1.82) is 0 Å². The van der Waals surface area contributed by atoms with Crippen molar-refractivity contribution in [2.75, 3.05) is 27.3 Å². The second-order valence-corrected chi connectivity index (χ2v) is 16.0. The monoisotopic (exact) mass is 940 g/mol. The number of terminal acetylenes is 2.